The zero-order valence-electron chi connectivity index (χ0n) is 10.4. The fraction of sp³-hybridized carbons (Fsp3) is 0. The SMILES string of the molecule is O=S(=O)(O)O.O=[Si]=O.S.[AsH3].[BiH3].[Ca+2].[Cu].[Fe].[H-].[H-].[Ni].[PbH2].[SbH3]. The second-order valence-corrected chi connectivity index (χ2v) is 1.59. The van der Waals surface area contributed by atoms with Crippen LogP contribution in [0.3, 0.4) is 0 Å². The first-order valence-corrected chi connectivity index (χ1v) is 3.32. The van der Waals surface area contributed by atoms with Crippen molar-refractivity contribution in [1.82, 2.24) is 0 Å². The van der Waals surface area contributed by atoms with Gasteiger partial charge in [0.05, 0.1) is 0 Å². The van der Waals surface area contributed by atoms with Crippen molar-refractivity contribution in [3.05, 3.63) is 0 Å². The van der Waals surface area contributed by atoms with Crippen LogP contribution in [0.4, 0.5) is 0 Å². The summed E-state index contributed by atoms with van der Waals surface area (Å²) in [6.07, 6.45) is 0. The molecule has 119 valence electrons. The molecule has 0 amide bonds. The van der Waals surface area contributed by atoms with E-state index in [1.807, 2.05) is 0 Å². The van der Waals surface area contributed by atoms with Gasteiger partial charge in [0, 0.05) is 50.6 Å². The van der Waals surface area contributed by atoms with E-state index in [1.165, 1.54) is 0 Å². The summed E-state index contributed by atoms with van der Waals surface area (Å²) in [4.78, 5) is 0. The van der Waals surface area contributed by atoms with Crippen molar-refractivity contribution < 1.29 is 79.9 Å². The number of hydrogen-bond donors (Lipinski definition) is 2. The molecule has 6 nitrogen and oxygen atoms in total. The summed E-state index contributed by atoms with van der Waals surface area (Å²) in [5.74, 6) is 0. The molecule has 0 saturated carbocycles. The minimum absolute atomic E-state index is 0. The molecule has 0 heterocycles. The Morgan fingerprint density at radius 1 is 1.12 bits per heavy atom. The van der Waals surface area contributed by atoms with Crippen LogP contribution < -0.4 is 0 Å². The molecule has 0 aromatic carbocycles. The Labute approximate surface area is 241 Å². The molecule has 0 aromatic heterocycles. The van der Waals surface area contributed by atoms with Crippen LogP contribution in [-0.2, 0) is 70.0 Å². The fourth-order valence-corrected chi connectivity index (χ4v) is 0. The van der Waals surface area contributed by atoms with Crippen molar-refractivity contribution >= 4 is 167 Å². The molecule has 0 aliphatic carbocycles. The molecule has 17 heavy (non-hydrogen) atoms. The summed E-state index contributed by atoms with van der Waals surface area (Å²) >= 11 is 0. The van der Waals surface area contributed by atoms with E-state index in [0.29, 0.717) is 0 Å². The molecule has 3 radical (unpaired) electrons. The first-order chi connectivity index (χ1) is 3.41. The van der Waals surface area contributed by atoms with Crippen molar-refractivity contribution in [1.29, 1.82) is 0 Å². The third-order valence-corrected chi connectivity index (χ3v) is 0. The van der Waals surface area contributed by atoms with Gasteiger partial charge in [-0.3, -0.25) is 18.0 Å². The summed E-state index contributed by atoms with van der Waals surface area (Å²) < 4.78 is 48.4. The number of hydrogen-bond acceptors (Lipinski definition) is 4. The van der Waals surface area contributed by atoms with Crippen molar-refractivity contribution in [2.45, 2.75) is 0 Å². The van der Waals surface area contributed by atoms with Gasteiger partial charge in [0.25, 0.3) is 0 Å². The first-order valence-electron chi connectivity index (χ1n) is 1.11. The van der Waals surface area contributed by atoms with Gasteiger partial charge < -0.3 is 2.85 Å². The molecule has 2 N–H and O–H groups in total. The Morgan fingerprint density at radius 2 is 1.12 bits per heavy atom. The zero-order chi connectivity index (χ0) is 7.21. The van der Waals surface area contributed by atoms with Crippen LogP contribution >= 0.6 is 13.5 Å². The van der Waals surface area contributed by atoms with Crippen LogP contribution in [0, 0.1) is 0 Å². The Morgan fingerprint density at radius 3 is 1.12 bits per heavy atom. The minimum atomic E-state index is -4.67. The maximum atomic E-state index is 8.74. The predicted octanol–water partition coefficient (Wildman–Crippen LogP) is -5.79. The second-order valence-electron chi connectivity index (χ2n) is 0.531. The molecule has 1 atom stereocenters. The second kappa shape index (κ2) is 57.4. The molecule has 1 unspecified atom stereocenters. The molecule has 0 saturated heterocycles. The van der Waals surface area contributed by atoms with Crippen LogP contribution in [0.2, 0.25) is 0 Å². The van der Waals surface area contributed by atoms with Crippen LogP contribution in [0.1, 0.15) is 2.85 Å². The summed E-state index contributed by atoms with van der Waals surface area (Å²) in [6, 6.07) is 0. The standard InChI is InChI=1S/AsH3.Bi.Ca.Cu.Fe.Ni.H2O4S.O2Si.Pb.H2S.Sb.10H/c;;;;;;1-5(2,3)4;1-3-2;;;;;;;;;;;;;/h1H3;;;;;;(H2,1,2,3,4);;;1H2;;;;;;;;;;;/q;;+2;;;;;;;;;;;;;;;;;2*-1. The molecule has 17 heteroatoms. The molecule has 0 aliphatic rings. The molecule has 0 aromatic rings. The van der Waals surface area contributed by atoms with E-state index in [4.69, 9.17) is 26.4 Å². The van der Waals surface area contributed by atoms with Gasteiger partial charge in [-0.05, 0) is 0 Å². The third-order valence-electron chi connectivity index (χ3n) is 0. The molecule has 0 rings (SSSR count). The average molecular weight is 1040 g/mol. The van der Waals surface area contributed by atoms with E-state index in [9.17, 15) is 0 Å². The van der Waals surface area contributed by atoms with Crippen LogP contribution in [0.15, 0.2) is 0 Å². The first kappa shape index (κ1) is 77.3. The van der Waals surface area contributed by atoms with Gasteiger partial charge in [-0.15, -0.1) is 0 Å². The monoisotopic (exact) mass is 1030 g/mol. The summed E-state index contributed by atoms with van der Waals surface area (Å²) in [7, 11) is -6.08. The van der Waals surface area contributed by atoms with E-state index in [1.54, 1.807) is 0 Å². The van der Waals surface area contributed by atoms with E-state index in [2.05, 4.69) is 0 Å². The van der Waals surface area contributed by atoms with E-state index in [0.717, 1.165) is 0 Å². The number of rotatable bonds is 0. The Kier molecular flexibility index (Phi) is 261. The van der Waals surface area contributed by atoms with Gasteiger partial charge in [0.1, 0.15) is 0 Å². The van der Waals surface area contributed by atoms with Crippen molar-refractivity contribution in [3.63, 3.8) is 0 Å². The molecule has 0 fully saturated rings. The van der Waals surface area contributed by atoms with Gasteiger partial charge in [-0.1, -0.05) is 0 Å². The Balaban J connectivity index is -0.00000000224. The summed E-state index contributed by atoms with van der Waals surface area (Å²) in [5, 5.41) is 0. The maximum absolute atomic E-state index is 8.74. The van der Waals surface area contributed by atoms with Crippen molar-refractivity contribution in [2.24, 2.45) is 0 Å². The Hall–Kier alpha value is 6.01. The van der Waals surface area contributed by atoms with E-state index >= 15 is 0 Å². The molecular weight excluding hydrogens is 1020 g/mol. The van der Waals surface area contributed by atoms with Crippen LogP contribution in [0.25, 0.3) is 0 Å². The van der Waals surface area contributed by atoms with E-state index < -0.39 is 19.7 Å². The third kappa shape index (κ3) is 244. The van der Waals surface area contributed by atoms with Crippen LogP contribution in [0.5, 0.6) is 0 Å². The average Bonchev–Trinajstić information content (AvgIpc) is 1.27. The molecule has 0 spiro atoms. The van der Waals surface area contributed by atoms with Gasteiger partial charge in [-0.2, -0.15) is 21.9 Å². The summed E-state index contributed by atoms with van der Waals surface area (Å²) in [5.41, 5.74) is 0. The fourth-order valence-electron chi connectivity index (χ4n) is 0. The van der Waals surface area contributed by atoms with E-state index in [-0.39, 0.29) is 201 Å². The molecule has 0 aliphatic heterocycles. The van der Waals surface area contributed by atoms with Gasteiger partial charge in [0.15, 0.2) is 0 Å². The summed E-state index contributed by atoms with van der Waals surface area (Å²) in [6.45, 7) is 0. The predicted molar refractivity (Wildman–Crippen MR) is 78.0 cm³/mol. The van der Waals surface area contributed by atoms with Gasteiger partial charge in [-0.25, -0.2) is 0 Å². The van der Waals surface area contributed by atoms with Crippen molar-refractivity contribution in [2.75, 3.05) is 0 Å². The Bertz CT molecular complexity index is 202. The van der Waals surface area contributed by atoms with Gasteiger partial charge >= 0.3 is 153 Å². The normalized spacial score (nSPS) is 3.88. The molecular formula is H17AsBiCaCuFeNiO6PbS2SbSi. The van der Waals surface area contributed by atoms with Crippen molar-refractivity contribution in [3.8, 4) is 0 Å². The van der Waals surface area contributed by atoms with Gasteiger partial charge in [0.2, 0.25) is 0 Å². The van der Waals surface area contributed by atoms with Crippen LogP contribution in [-0.4, -0.2) is 160 Å². The molecule has 0 bridgehead atoms. The quantitative estimate of drug-likeness (QED) is 0.185. The zero-order valence-corrected chi connectivity index (χ0v) is 34.5. The topological polar surface area (TPSA) is 109 Å².